The summed E-state index contributed by atoms with van der Waals surface area (Å²) in [6.45, 7) is 4.98. The zero-order valence-electron chi connectivity index (χ0n) is 19.2. The molecule has 0 radical (unpaired) electrons. The van der Waals surface area contributed by atoms with Gasteiger partial charge in [-0.05, 0) is 37.2 Å². The molecule has 1 aliphatic rings. The van der Waals surface area contributed by atoms with Crippen LogP contribution >= 0.6 is 0 Å². The maximum absolute atomic E-state index is 12.6. The molecular formula is C23H30N4O6. The van der Waals surface area contributed by atoms with Crippen LogP contribution in [-0.2, 0) is 0 Å². The summed E-state index contributed by atoms with van der Waals surface area (Å²) in [6.07, 6.45) is 0.745. The smallest absolute Gasteiger partial charge is 0.286 e. The summed E-state index contributed by atoms with van der Waals surface area (Å²) in [5.41, 5.74) is 0.810. The van der Waals surface area contributed by atoms with E-state index in [0.29, 0.717) is 6.54 Å². The van der Waals surface area contributed by atoms with Gasteiger partial charge in [-0.15, -0.1) is 0 Å². The van der Waals surface area contributed by atoms with E-state index in [1.807, 2.05) is 12.1 Å². The van der Waals surface area contributed by atoms with Crippen molar-refractivity contribution in [3.63, 3.8) is 0 Å². The maximum atomic E-state index is 12.6. The maximum Gasteiger partial charge on any atom is 0.286 e. The van der Waals surface area contributed by atoms with Gasteiger partial charge in [0.05, 0.1) is 32.3 Å². The summed E-state index contributed by atoms with van der Waals surface area (Å²) in [5.74, 6) is 0.808. The third-order valence-electron chi connectivity index (χ3n) is 5.69. The van der Waals surface area contributed by atoms with E-state index in [-0.39, 0.29) is 22.7 Å². The second-order valence-electron chi connectivity index (χ2n) is 7.62. The Kier molecular flexibility index (Phi) is 8.31. The molecule has 0 bridgehead atoms. The van der Waals surface area contributed by atoms with Gasteiger partial charge in [-0.3, -0.25) is 19.8 Å². The van der Waals surface area contributed by atoms with Crippen LogP contribution in [0.2, 0.25) is 0 Å². The van der Waals surface area contributed by atoms with Crippen LogP contribution in [0.3, 0.4) is 0 Å². The molecule has 33 heavy (non-hydrogen) atoms. The first-order valence-corrected chi connectivity index (χ1v) is 10.8. The molecule has 1 amide bonds. The van der Waals surface area contributed by atoms with Gasteiger partial charge in [0.15, 0.2) is 11.5 Å². The van der Waals surface area contributed by atoms with Crippen LogP contribution < -0.4 is 24.4 Å². The lowest BCUT2D eigenvalue weighted by atomic mass is 10.1. The molecule has 0 unspecified atom stereocenters. The van der Waals surface area contributed by atoms with E-state index in [1.54, 1.807) is 7.11 Å². The average Bonchev–Trinajstić information content (AvgIpc) is 2.86. The molecule has 0 aromatic heterocycles. The first-order valence-electron chi connectivity index (χ1n) is 10.8. The Bertz CT molecular complexity index is 958. The first kappa shape index (κ1) is 24.1. The summed E-state index contributed by atoms with van der Waals surface area (Å²) in [6, 6.07) is 10.6. The molecule has 1 N–H and O–H groups in total. The zero-order chi connectivity index (χ0) is 23.8. The predicted molar refractivity (Wildman–Crippen MR) is 125 cm³/mol. The predicted octanol–water partition coefficient (Wildman–Crippen LogP) is 2.56. The molecule has 10 heteroatoms. The number of piperazine rings is 1. The van der Waals surface area contributed by atoms with Gasteiger partial charge in [-0.2, -0.15) is 0 Å². The number of ether oxygens (including phenoxy) is 3. The highest BCUT2D eigenvalue weighted by Gasteiger charge is 2.24. The van der Waals surface area contributed by atoms with Crippen molar-refractivity contribution in [1.82, 2.24) is 10.2 Å². The number of rotatable bonds is 10. The number of nitrogens with one attached hydrogen (secondary N) is 1. The molecule has 1 heterocycles. The summed E-state index contributed by atoms with van der Waals surface area (Å²) in [4.78, 5) is 28.1. The number of amides is 1. The van der Waals surface area contributed by atoms with Gasteiger partial charge < -0.3 is 24.4 Å². The molecule has 0 aliphatic carbocycles. The van der Waals surface area contributed by atoms with E-state index in [0.717, 1.165) is 44.9 Å². The quantitative estimate of drug-likeness (QED) is 0.329. The highest BCUT2D eigenvalue weighted by molar-refractivity contribution is 5.99. The van der Waals surface area contributed by atoms with Crippen molar-refractivity contribution >= 4 is 17.3 Å². The minimum absolute atomic E-state index is 0.0502. The van der Waals surface area contributed by atoms with Crippen LogP contribution in [-0.4, -0.2) is 76.3 Å². The molecule has 1 aliphatic heterocycles. The van der Waals surface area contributed by atoms with Crippen molar-refractivity contribution in [2.75, 3.05) is 65.5 Å². The Hall–Kier alpha value is -3.53. The number of nitrogens with zero attached hydrogens (tertiary/aromatic N) is 3. The monoisotopic (exact) mass is 458 g/mol. The summed E-state index contributed by atoms with van der Waals surface area (Å²) in [7, 11) is 4.46. The van der Waals surface area contributed by atoms with Crippen LogP contribution in [0.1, 0.15) is 16.8 Å². The molecule has 10 nitrogen and oxygen atoms in total. The second kappa shape index (κ2) is 11.4. The average molecular weight is 459 g/mol. The van der Waals surface area contributed by atoms with Gasteiger partial charge in [-0.1, -0.05) is 0 Å². The Morgan fingerprint density at radius 2 is 1.64 bits per heavy atom. The number of carbonyl (C=O) groups is 1. The lowest BCUT2D eigenvalue weighted by Gasteiger charge is -2.36. The van der Waals surface area contributed by atoms with Crippen molar-refractivity contribution < 1.29 is 23.9 Å². The minimum atomic E-state index is -0.598. The van der Waals surface area contributed by atoms with Gasteiger partial charge in [0.25, 0.3) is 11.6 Å². The number of anilines is 1. The van der Waals surface area contributed by atoms with Crippen LogP contribution in [0.25, 0.3) is 0 Å². The van der Waals surface area contributed by atoms with Crippen LogP contribution in [0, 0.1) is 10.1 Å². The van der Waals surface area contributed by atoms with Crippen molar-refractivity contribution in [3.8, 4) is 17.2 Å². The summed E-state index contributed by atoms with van der Waals surface area (Å²) >= 11 is 0. The topological polar surface area (TPSA) is 106 Å². The van der Waals surface area contributed by atoms with E-state index < -0.39 is 10.8 Å². The number of hydrogen-bond acceptors (Lipinski definition) is 8. The largest absolute Gasteiger partial charge is 0.497 e. The lowest BCUT2D eigenvalue weighted by Crippen LogP contribution is -2.47. The number of nitro benzene ring substituents is 1. The number of hydrogen-bond donors (Lipinski definition) is 1. The molecule has 1 fully saturated rings. The van der Waals surface area contributed by atoms with Gasteiger partial charge in [-0.25, -0.2) is 0 Å². The Morgan fingerprint density at radius 3 is 2.21 bits per heavy atom. The van der Waals surface area contributed by atoms with Crippen molar-refractivity contribution in [2.45, 2.75) is 6.42 Å². The highest BCUT2D eigenvalue weighted by atomic mass is 16.6. The molecule has 1 saturated heterocycles. The second-order valence-corrected chi connectivity index (χ2v) is 7.62. The van der Waals surface area contributed by atoms with Gasteiger partial charge in [0.2, 0.25) is 0 Å². The molecule has 178 valence electrons. The van der Waals surface area contributed by atoms with E-state index >= 15 is 0 Å². The zero-order valence-corrected chi connectivity index (χ0v) is 19.2. The van der Waals surface area contributed by atoms with Crippen molar-refractivity contribution in [3.05, 3.63) is 52.1 Å². The van der Waals surface area contributed by atoms with E-state index in [1.165, 1.54) is 32.0 Å². The third-order valence-corrected chi connectivity index (χ3v) is 5.69. The highest BCUT2D eigenvalue weighted by Crippen LogP contribution is 2.34. The lowest BCUT2D eigenvalue weighted by molar-refractivity contribution is -0.385. The molecular weight excluding hydrogens is 428 g/mol. The van der Waals surface area contributed by atoms with Crippen molar-refractivity contribution in [2.24, 2.45) is 0 Å². The Balaban J connectivity index is 1.46. The third kappa shape index (κ3) is 6.04. The fourth-order valence-electron chi connectivity index (χ4n) is 3.82. The molecule has 0 spiro atoms. The van der Waals surface area contributed by atoms with Gasteiger partial charge in [0.1, 0.15) is 11.3 Å². The Labute approximate surface area is 193 Å². The van der Waals surface area contributed by atoms with Crippen LogP contribution in [0.15, 0.2) is 36.4 Å². The number of methoxy groups -OCH3 is 3. The summed E-state index contributed by atoms with van der Waals surface area (Å²) in [5, 5.41) is 14.2. The van der Waals surface area contributed by atoms with Crippen molar-refractivity contribution in [1.29, 1.82) is 0 Å². The molecule has 2 aromatic rings. The molecule has 0 atom stereocenters. The van der Waals surface area contributed by atoms with Crippen LogP contribution in [0.5, 0.6) is 17.2 Å². The SMILES string of the molecule is COc1ccc(N2CCN(CCCNC(=O)c3cc(OC)c(OC)cc3[N+](=O)[O-])CC2)cc1. The molecule has 2 aromatic carbocycles. The molecule has 3 rings (SSSR count). The van der Waals surface area contributed by atoms with Gasteiger partial charge in [0, 0.05) is 44.5 Å². The normalized spacial score (nSPS) is 14.0. The first-order chi connectivity index (χ1) is 16.0. The van der Waals surface area contributed by atoms with E-state index in [4.69, 9.17) is 14.2 Å². The number of nitro groups is 1. The summed E-state index contributed by atoms with van der Waals surface area (Å²) < 4.78 is 15.5. The number of benzene rings is 2. The Morgan fingerprint density at radius 1 is 1.00 bits per heavy atom. The standard InChI is InChI=1S/C23H30N4O6/c1-31-18-7-5-17(6-8-18)26-13-11-25(12-14-26)10-4-9-24-23(28)19-15-21(32-2)22(33-3)16-20(19)27(29)30/h5-8,15-16H,4,9-14H2,1-3H3,(H,24,28). The fourth-order valence-corrected chi connectivity index (χ4v) is 3.82. The number of carbonyl (C=O) groups excluding carboxylic acids is 1. The van der Waals surface area contributed by atoms with Gasteiger partial charge >= 0.3 is 0 Å². The van der Waals surface area contributed by atoms with Crippen LogP contribution in [0.4, 0.5) is 11.4 Å². The minimum Gasteiger partial charge on any atom is -0.497 e. The van der Waals surface area contributed by atoms with E-state index in [2.05, 4.69) is 27.2 Å². The van der Waals surface area contributed by atoms with E-state index in [9.17, 15) is 14.9 Å². The molecule has 0 saturated carbocycles. The fraction of sp³-hybridized carbons (Fsp3) is 0.435.